The van der Waals surface area contributed by atoms with Gasteiger partial charge in [-0.1, -0.05) is 60.7 Å². The highest BCUT2D eigenvalue weighted by Gasteiger charge is 2.30. The molecule has 2 amide bonds. The molecule has 268 valence electrons. The van der Waals surface area contributed by atoms with Gasteiger partial charge in [-0.2, -0.15) is 26.3 Å². The molecule has 2 aliphatic rings. The molecule has 6 nitrogen and oxygen atoms in total. The second-order valence-electron chi connectivity index (χ2n) is 11.4. The summed E-state index contributed by atoms with van der Waals surface area (Å²) in [5, 5.41) is 0. The standard InChI is InChI=1S/C35H38F6N4O2.2ClH/c36-34(37,38)30-14-10-28(11-15-30)6-1-3-8-32(46)44-24-20-42(21-25-44)18-5-19-43-22-26-45(27-23-43)33(47)9-4-2-7-29-12-16-31(17-13-29)35(39,40)41;;/h1-4,6-17H,5,18-27H2;2*1H. The van der Waals surface area contributed by atoms with Gasteiger partial charge < -0.3 is 9.80 Å². The molecule has 0 aliphatic carbocycles. The van der Waals surface area contributed by atoms with Crippen LogP contribution in [0.3, 0.4) is 0 Å². The molecule has 2 aliphatic heterocycles. The van der Waals surface area contributed by atoms with Gasteiger partial charge in [0.1, 0.15) is 0 Å². The molecule has 0 N–H and O–H groups in total. The zero-order chi connectivity index (χ0) is 33.9. The monoisotopic (exact) mass is 732 g/mol. The first kappa shape index (κ1) is 41.6. The van der Waals surface area contributed by atoms with Crippen molar-refractivity contribution in [3.05, 3.63) is 107 Å². The van der Waals surface area contributed by atoms with Crippen LogP contribution in [0.2, 0.25) is 0 Å². The van der Waals surface area contributed by atoms with Crippen molar-refractivity contribution >= 4 is 48.8 Å². The number of alkyl halides is 6. The first-order valence-corrected chi connectivity index (χ1v) is 15.4. The van der Waals surface area contributed by atoms with Crippen LogP contribution in [0, 0.1) is 0 Å². The Kier molecular flexibility index (Phi) is 16.6. The van der Waals surface area contributed by atoms with E-state index in [4.69, 9.17) is 0 Å². The molecule has 2 fully saturated rings. The maximum Gasteiger partial charge on any atom is 0.416 e. The second-order valence-corrected chi connectivity index (χ2v) is 11.4. The molecule has 0 saturated carbocycles. The molecule has 4 rings (SSSR count). The van der Waals surface area contributed by atoms with E-state index in [0.29, 0.717) is 37.3 Å². The summed E-state index contributed by atoms with van der Waals surface area (Å²) in [6.07, 6.45) is 4.93. The van der Waals surface area contributed by atoms with Crippen molar-refractivity contribution in [1.29, 1.82) is 0 Å². The minimum atomic E-state index is -4.37. The number of piperazine rings is 2. The molecule has 0 unspecified atom stereocenters. The maximum atomic E-state index is 12.7. The van der Waals surface area contributed by atoms with Crippen LogP contribution in [0.25, 0.3) is 12.2 Å². The lowest BCUT2D eigenvalue weighted by molar-refractivity contribution is -0.138. The first-order chi connectivity index (χ1) is 22.4. The fraction of sp³-hybridized carbons (Fsp3) is 0.371. The van der Waals surface area contributed by atoms with Crippen LogP contribution in [0.5, 0.6) is 0 Å². The van der Waals surface area contributed by atoms with E-state index in [1.54, 1.807) is 46.3 Å². The molecule has 0 bridgehead atoms. The van der Waals surface area contributed by atoms with Gasteiger partial charge in [0.2, 0.25) is 11.8 Å². The van der Waals surface area contributed by atoms with Crippen molar-refractivity contribution < 1.29 is 35.9 Å². The SMILES string of the molecule is Cl.Cl.O=C(C=CC=Cc1ccc(C(F)(F)F)cc1)N1CCN(CCCN2CCN(C(=O)C=CC=Cc3ccc(C(F)(F)F)cc3)CC2)CC1. The van der Waals surface area contributed by atoms with E-state index < -0.39 is 23.5 Å². The van der Waals surface area contributed by atoms with Gasteiger partial charge in [0.25, 0.3) is 0 Å². The minimum Gasteiger partial charge on any atom is -0.337 e. The predicted octanol–water partition coefficient (Wildman–Crippen LogP) is 7.09. The van der Waals surface area contributed by atoms with Gasteiger partial charge in [-0.25, -0.2) is 0 Å². The van der Waals surface area contributed by atoms with Gasteiger partial charge >= 0.3 is 12.4 Å². The number of allylic oxidation sites excluding steroid dienone is 4. The van der Waals surface area contributed by atoms with Gasteiger partial charge in [-0.3, -0.25) is 19.4 Å². The zero-order valence-corrected chi connectivity index (χ0v) is 28.3. The largest absolute Gasteiger partial charge is 0.416 e. The molecule has 0 aromatic heterocycles. The average molecular weight is 734 g/mol. The lowest BCUT2D eigenvalue weighted by Gasteiger charge is -2.36. The van der Waals surface area contributed by atoms with Crippen LogP contribution in [0.4, 0.5) is 26.3 Å². The van der Waals surface area contributed by atoms with E-state index in [0.717, 1.165) is 70.0 Å². The van der Waals surface area contributed by atoms with E-state index in [2.05, 4.69) is 9.80 Å². The third-order valence-electron chi connectivity index (χ3n) is 8.07. The van der Waals surface area contributed by atoms with Crippen LogP contribution >= 0.6 is 24.8 Å². The van der Waals surface area contributed by atoms with Crippen LogP contribution in [0.15, 0.2) is 85.0 Å². The number of halogens is 8. The fourth-order valence-corrected chi connectivity index (χ4v) is 5.29. The molecule has 0 spiro atoms. The van der Waals surface area contributed by atoms with Crippen LogP contribution in [-0.4, -0.2) is 96.9 Å². The summed E-state index contributed by atoms with van der Waals surface area (Å²) >= 11 is 0. The smallest absolute Gasteiger partial charge is 0.337 e. The Morgan fingerprint density at radius 2 is 0.857 bits per heavy atom. The maximum absolute atomic E-state index is 12.7. The van der Waals surface area contributed by atoms with E-state index in [1.807, 2.05) is 0 Å². The number of benzene rings is 2. The lowest BCUT2D eigenvalue weighted by Crippen LogP contribution is -2.50. The lowest BCUT2D eigenvalue weighted by atomic mass is 10.1. The van der Waals surface area contributed by atoms with Crippen molar-refractivity contribution in [3.8, 4) is 0 Å². The molecular weight excluding hydrogens is 693 g/mol. The molecule has 2 heterocycles. The molecule has 0 atom stereocenters. The Bertz CT molecular complexity index is 1330. The Balaban J connectivity index is 0.00000417. The second kappa shape index (κ2) is 19.6. The van der Waals surface area contributed by atoms with E-state index in [9.17, 15) is 35.9 Å². The number of carbonyl (C=O) groups excluding carboxylic acids is 2. The van der Waals surface area contributed by atoms with E-state index in [-0.39, 0.29) is 36.6 Å². The van der Waals surface area contributed by atoms with Gasteiger partial charge in [-0.05, 0) is 54.9 Å². The average Bonchev–Trinajstić information content (AvgIpc) is 3.05. The highest BCUT2D eigenvalue weighted by atomic mass is 35.5. The Morgan fingerprint density at radius 3 is 1.16 bits per heavy atom. The van der Waals surface area contributed by atoms with Gasteiger partial charge in [-0.15, -0.1) is 24.8 Å². The number of rotatable bonds is 10. The molecule has 2 aromatic rings. The molecule has 2 saturated heterocycles. The molecular formula is C35H40Cl2F6N4O2. The number of hydrogen-bond donors (Lipinski definition) is 0. The number of carbonyl (C=O) groups is 2. The summed E-state index contributed by atoms with van der Waals surface area (Å²) in [6, 6.07) is 9.64. The number of nitrogens with zero attached hydrogens (tertiary/aromatic N) is 4. The van der Waals surface area contributed by atoms with Crippen LogP contribution in [-0.2, 0) is 21.9 Å². The van der Waals surface area contributed by atoms with Crippen molar-refractivity contribution in [3.63, 3.8) is 0 Å². The zero-order valence-electron chi connectivity index (χ0n) is 26.7. The minimum absolute atomic E-state index is 0. The quantitative estimate of drug-likeness (QED) is 0.149. The molecule has 49 heavy (non-hydrogen) atoms. The Morgan fingerprint density at radius 1 is 0.531 bits per heavy atom. The normalized spacial score (nSPS) is 16.9. The highest BCUT2D eigenvalue weighted by Crippen LogP contribution is 2.30. The number of hydrogen-bond acceptors (Lipinski definition) is 4. The summed E-state index contributed by atoms with van der Waals surface area (Å²) in [5.74, 6) is -0.196. The van der Waals surface area contributed by atoms with Gasteiger partial charge in [0.15, 0.2) is 0 Å². The van der Waals surface area contributed by atoms with Crippen molar-refractivity contribution in [1.82, 2.24) is 19.6 Å². The Hall–Kier alpha value is -3.58. The number of amides is 2. The summed E-state index contributed by atoms with van der Waals surface area (Å²) in [4.78, 5) is 33.3. The van der Waals surface area contributed by atoms with E-state index >= 15 is 0 Å². The summed E-state index contributed by atoms with van der Waals surface area (Å²) < 4.78 is 76.1. The summed E-state index contributed by atoms with van der Waals surface area (Å²) in [5.41, 5.74) is -0.183. The van der Waals surface area contributed by atoms with Crippen molar-refractivity contribution in [2.24, 2.45) is 0 Å². The van der Waals surface area contributed by atoms with Gasteiger partial charge in [0, 0.05) is 64.5 Å². The topological polar surface area (TPSA) is 47.1 Å². The van der Waals surface area contributed by atoms with Crippen molar-refractivity contribution in [2.45, 2.75) is 18.8 Å². The molecule has 0 radical (unpaired) electrons. The van der Waals surface area contributed by atoms with Crippen LogP contribution in [0.1, 0.15) is 28.7 Å². The van der Waals surface area contributed by atoms with E-state index in [1.165, 1.54) is 36.4 Å². The molecule has 14 heteroatoms. The summed E-state index contributed by atoms with van der Waals surface area (Å²) in [6.45, 7) is 7.46. The van der Waals surface area contributed by atoms with Gasteiger partial charge in [0.05, 0.1) is 11.1 Å². The highest BCUT2D eigenvalue weighted by molar-refractivity contribution is 5.88. The fourth-order valence-electron chi connectivity index (χ4n) is 5.29. The Labute approximate surface area is 295 Å². The van der Waals surface area contributed by atoms with Crippen LogP contribution < -0.4 is 0 Å². The third-order valence-corrected chi connectivity index (χ3v) is 8.07. The third kappa shape index (κ3) is 13.7. The predicted molar refractivity (Wildman–Crippen MR) is 184 cm³/mol. The van der Waals surface area contributed by atoms with Crippen molar-refractivity contribution in [2.75, 3.05) is 65.4 Å². The first-order valence-electron chi connectivity index (χ1n) is 15.4. The summed E-state index contributed by atoms with van der Waals surface area (Å²) in [7, 11) is 0. The molecule has 2 aromatic carbocycles.